The zero-order valence-electron chi connectivity index (χ0n) is 16.1. The van der Waals surface area contributed by atoms with Crippen LogP contribution in [-0.4, -0.2) is 23.4 Å². The van der Waals surface area contributed by atoms with Crippen molar-refractivity contribution in [1.29, 1.82) is 0 Å². The molecule has 0 aromatic heterocycles. The fourth-order valence-corrected chi connectivity index (χ4v) is 3.62. The molecule has 1 unspecified atom stereocenters. The minimum Gasteiger partial charge on any atom is -0.493 e. The summed E-state index contributed by atoms with van der Waals surface area (Å²) in [6.45, 7) is 4.57. The molecular weight excluding hydrogens is 374 g/mol. The van der Waals surface area contributed by atoms with Crippen LogP contribution >= 0.6 is 11.8 Å². The van der Waals surface area contributed by atoms with Gasteiger partial charge in [-0.3, -0.25) is 4.79 Å². The Morgan fingerprint density at radius 3 is 2.75 bits per heavy atom. The molecule has 2 aromatic carbocycles. The van der Waals surface area contributed by atoms with Gasteiger partial charge < -0.3 is 19.9 Å². The first kappa shape index (κ1) is 20.1. The van der Waals surface area contributed by atoms with Gasteiger partial charge in [0, 0.05) is 17.7 Å². The molecule has 0 aliphatic carbocycles. The predicted octanol–water partition coefficient (Wildman–Crippen LogP) is 4.63. The predicted molar refractivity (Wildman–Crippen MR) is 111 cm³/mol. The van der Waals surface area contributed by atoms with E-state index >= 15 is 0 Å². The molecule has 3 rings (SSSR count). The lowest BCUT2D eigenvalue weighted by Gasteiger charge is -2.14. The van der Waals surface area contributed by atoms with Crippen LogP contribution in [0.2, 0.25) is 0 Å². The van der Waals surface area contributed by atoms with Gasteiger partial charge in [-0.15, -0.1) is 11.8 Å². The van der Waals surface area contributed by atoms with E-state index < -0.39 is 5.97 Å². The van der Waals surface area contributed by atoms with Crippen LogP contribution in [-0.2, 0) is 15.3 Å². The van der Waals surface area contributed by atoms with Crippen molar-refractivity contribution in [3.05, 3.63) is 76.7 Å². The van der Waals surface area contributed by atoms with Crippen molar-refractivity contribution in [3.63, 3.8) is 0 Å². The van der Waals surface area contributed by atoms with Crippen molar-refractivity contribution in [1.82, 2.24) is 5.32 Å². The van der Waals surface area contributed by atoms with Gasteiger partial charge in [0.05, 0.1) is 18.1 Å². The molecule has 1 aliphatic heterocycles. The summed E-state index contributed by atoms with van der Waals surface area (Å²) in [4.78, 5) is 10.6. The van der Waals surface area contributed by atoms with E-state index in [-0.39, 0.29) is 12.0 Å². The number of aryl methyl sites for hydroxylation is 1. The lowest BCUT2D eigenvalue weighted by atomic mass is 10.1. The number of carboxylic acid groups (broad SMARTS) is 1. The molecule has 0 saturated heterocycles. The van der Waals surface area contributed by atoms with Gasteiger partial charge in [-0.05, 0) is 31.5 Å². The van der Waals surface area contributed by atoms with Gasteiger partial charge in [0.1, 0.15) is 11.5 Å². The molecule has 0 radical (unpaired) electrons. The number of thioether (sulfide) groups is 1. The van der Waals surface area contributed by atoms with E-state index in [9.17, 15) is 4.79 Å². The highest BCUT2D eigenvalue weighted by Crippen LogP contribution is 2.28. The molecule has 2 N–H and O–H groups in total. The lowest BCUT2D eigenvalue weighted by Crippen LogP contribution is -2.17. The summed E-state index contributed by atoms with van der Waals surface area (Å²) in [5, 5.41) is 12.2. The highest BCUT2D eigenvalue weighted by molar-refractivity contribution is 7.99. The summed E-state index contributed by atoms with van der Waals surface area (Å²) in [7, 11) is 0. The van der Waals surface area contributed by atoms with Gasteiger partial charge in [-0.2, -0.15) is 0 Å². The molecule has 1 aliphatic rings. The SMILES string of the molecule is CC1=C(CCOc2cccc(CSCC(=O)O)c2)NC(c2ccc(C)cc2)O1. The van der Waals surface area contributed by atoms with Crippen molar-refractivity contribution in [2.75, 3.05) is 12.4 Å². The second kappa shape index (κ2) is 9.55. The molecule has 0 bridgehead atoms. The third-order valence-corrected chi connectivity index (χ3v) is 5.41. The molecular formula is C22H25NO4S. The molecule has 5 nitrogen and oxygen atoms in total. The normalized spacial score (nSPS) is 15.9. The molecule has 2 aromatic rings. The van der Waals surface area contributed by atoms with Crippen LogP contribution in [0.25, 0.3) is 0 Å². The highest BCUT2D eigenvalue weighted by atomic mass is 32.2. The molecule has 0 saturated carbocycles. The third-order valence-electron chi connectivity index (χ3n) is 4.42. The molecule has 148 valence electrons. The number of hydrogen-bond acceptors (Lipinski definition) is 5. The number of nitrogens with one attached hydrogen (secondary N) is 1. The Balaban J connectivity index is 1.47. The van der Waals surface area contributed by atoms with Gasteiger partial charge in [0.25, 0.3) is 0 Å². The maximum absolute atomic E-state index is 10.6. The number of hydrogen-bond donors (Lipinski definition) is 2. The number of allylic oxidation sites excluding steroid dienone is 1. The van der Waals surface area contributed by atoms with Gasteiger partial charge >= 0.3 is 5.97 Å². The van der Waals surface area contributed by atoms with Crippen molar-refractivity contribution in [2.45, 2.75) is 32.2 Å². The summed E-state index contributed by atoms with van der Waals surface area (Å²) >= 11 is 1.38. The van der Waals surface area contributed by atoms with Crippen molar-refractivity contribution >= 4 is 17.7 Å². The van der Waals surface area contributed by atoms with Crippen LogP contribution < -0.4 is 10.1 Å². The summed E-state index contributed by atoms with van der Waals surface area (Å²) in [6.07, 6.45) is 0.580. The number of carbonyl (C=O) groups is 1. The molecule has 1 atom stereocenters. The Morgan fingerprint density at radius 2 is 2.00 bits per heavy atom. The Morgan fingerprint density at radius 1 is 1.21 bits per heavy atom. The van der Waals surface area contributed by atoms with E-state index in [4.69, 9.17) is 14.6 Å². The lowest BCUT2D eigenvalue weighted by molar-refractivity contribution is -0.133. The smallest absolute Gasteiger partial charge is 0.313 e. The van der Waals surface area contributed by atoms with E-state index in [1.54, 1.807) is 0 Å². The number of rotatable bonds is 9. The van der Waals surface area contributed by atoms with E-state index in [1.807, 2.05) is 31.2 Å². The first-order chi connectivity index (χ1) is 13.5. The van der Waals surface area contributed by atoms with Crippen LogP contribution in [0.5, 0.6) is 5.75 Å². The third kappa shape index (κ3) is 5.70. The minimum atomic E-state index is -0.795. The monoisotopic (exact) mass is 399 g/mol. The van der Waals surface area contributed by atoms with Crippen LogP contribution in [0.15, 0.2) is 60.0 Å². The van der Waals surface area contributed by atoms with E-state index in [1.165, 1.54) is 17.3 Å². The van der Waals surface area contributed by atoms with Gasteiger partial charge in [0.15, 0.2) is 6.23 Å². The fraction of sp³-hybridized carbons (Fsp3) is 0.318. The molecule has 28 heavy (non-hydrogen) atoms. The second-order valence-electron chi connectivity index (χ2n) is 6.72. The van der Waals surface area contributed by atoms with Crippen LogP contribution in [0, 0.1) is 6.92 Å². The second-order valence-corrected chi connectivity index (χ2v) is 7.71. The van der Waals surface area contributed by atoms with Crippen molar-refractivity contribution < 1.29 is 19.4 Å². The van der Waals surface area contributed by atoms with Gasteiger partial charge in [0.2, 0.25) is 0 Å². The van der Waals surface area contributed by atoms with Crippen molar-refractivity contribution in [2.24, 2.45) is 0 Å². The first-order valence-electron chi connectivity index (χ1n) is 9.22. The quantitative estimate of drug-likeness (QED) is 0.641. The maximum Gasteiger partial charge on any atom is 0.313 e. The molecule has 0 spiro atoms. The largest absolute Gasteiger partial charge is 0.493 e. The van der Waals surface area contributed by atoms with E-state index in [0.717, 1.165) is 34.8 Å². The highest BCUT2D eigenvalue weighted by Gasteiger charge is 2.23. The van der Waals surface area contributed by atoms with Gasteiger partial charge in [-0.1, -0.05) is 42.0 Å². The maximum atomic E-state index is 10.6. The van der Waals surface area contributed by atoms with E-state index in [0.29, 0.717) is 12.4 Å². The van der Waals surface area contributed by atoms with E-state index in [2.05, 4.69) is 36.5 Å². The Labute approximate surface area is 169 Å². The first-order valence-corrected chi connectivity index (χ1v) is 10.4. The van der Waals surface area contributed by atoms with Crippen LogP contribution in [0.4, 0.5) is 0 Å². The topological polar surface area (TPSA) is 67.8 Å². The Kier molecular flexibility index (Phi) is 6.87. The summed E-state index contributed by atoms with van der Waals surface area (Å²) in [5.74, 6) is 1.65. The molecule has 1 heterocycles. The summed E-state index contributed by atoms with van der Waals surface area (Å²) in [5.41, 5.74) is 4.44. The summed E-state index contributed by atoms with van der Waals surface area (Å²) < 4.78 is 11.8. The summed E-state index contributed by atoms with van der Waals surface area (Å²) in [6, 6.07) is 16.1. The molecule has 6 heteroatoms. The van der Waals surface area contributed by atoms with Crippen LogP contribution in [0.1, 0.15) is 36.3 Å². The number of benzene rings is 2. The molecule has 0 fully saturated rings. The standard InChI is InChI=1S/C22H25NO4S/c1-15-6-8-18(9-7-15)22-23-20(16(2)27-22)10-11-26-19-5-3-4-17(12-19)13-28-14-21(24)25/h3-9,12,22-23H,10-11,13-14H2,1-2H3,(H,24,25). The number of aliphatic carboxylic acids is 1. The number of carboxylic acids is 1. The molecule has 0 amide bonds. The fourth-order valence-electron chi connectivity index (χ4n) is 2.93. The van der Waals surface area contributed by atoms with Crippen molar-refractivity contribution in [3.8, 4) is 5.75 Å². The number of ether oxygens (including phenoxy) is 2. The zero-order chi connectivity index (χ0) is 19.9. The average molecular weight is 400 g/mol. The Bertz CT molecular complexity index is 848. The van der Waals surface area contributed by atoms with Crippen LogP contribution in [0.3, 0.4) is 0 Å². The zero-order valence-corrected chi connectivity index (χ0v) is 16.9. The Hall–Kier alpha value is -2.60. The van der Waals surface area contributed by atoms with Gasteiger partial charge in [-0.25, -0.2) is 0 Å². The average Bonchev–Trinajstić information content (AvgIpc) is 3.03. The minimum absolute atomic E-state index is 0.104.